The summed E-state index contributed by atoms with van der Waals surface area (Å²) in [6, 6.07) is 3.46. The van der Waals surface area contributed by atoms with Gasteiger partial charge in [0.25, 0.3) is 0 Å². The highest BCUT2D eigenvalue weighted by molar-refractivity contribution is 5.20. The second-order valence-electron chi connectivity index (χ2n) is 6.03. The number of nitrogens with one attached hydrogen (secondary N) is 1. The standard InChI is InChI=1S/C16H28N2O/c1-5-14-7-6-8-18(14)11-15-9-13(4)16(19-15)10-17-12(2)3/h9,12,14,17H,5-8,10-11H2,1-4H3. The van der Waals surface area contributed by atoms with Crippen molar-refractivity contribution >= 4 is 0 Å². The fourth-order valence-corrected chi connectivity index (χ4v) is 2.91. The molecule has 1 atom stereocenters. The van der Waals surface area contributed by atoms with Crippen LogP contribution in [0.15, 0.2) is 10.5 Å². The lowest BCUT2D eigenvalue weighted by atomic mass is 10.1. The molecule has 0 saturated carbocycles. The third kappa shape index (κ3) is 3.83. The molecule has 1 aromatic rings. The Morgan fingerprint density at radius 2 is 2.26 bits per heavy atom. The predicted octanol–water partition coefficient (Wildman–Crippen LogP) is 3.46. The third-order valence-corrected chi connectivity index (χ3v) is 4.07. The summed E-state index contributed by atoms with van der Waals surface area (Å²) < 4.78 is 6.02. The first-order chi connectivity index (χ1) is 9.10. The average molecular weight is 264 g/mol. The first-order valence-electron chi connectivity index (χ1n) is 7.65. The van der Waals surface area contributed by atoms with E-state index in [0.29, 0.717) is 6.04 Å². The van der Waals surface area contributed by atoms with Crippen LogP contribution in [0.5, 0.6) is 0 Å². The lowest BCUT2D eigenvalue weighted by Gasteiger charge is -2.21. The van der Waals surface area contributed by atoms with Gasteiger partial charge >= 0.3 is 0 Å². The second-order valence-corrected chi connectivity index (χ2v) is 6.03. The summed E-state index contributed by atoms with van der Waals surface area (Å²) in [5.41, 5.74) is 1.27. The lowest BCUT2D eigenvalue weighted by Crippen LogP contribution is -2.27. The lowest BCUT2D eigenvalue weighted by molar-refractivity contribution is 0.219. The zero-order chi connectivity index (χ0) is 13.8. The molecule has 1 aliphatic heterocycles. The maximum Gasteiger partial charge on any atom is 0.120 e. The van der Waals surface area contributed by atoms with Crippen molar-refractivity contribution in [1.82, 2.24) is 10.2 Å². The largest absolute Gasteiger partial charge is 0.463 e. The SMILES string of the molecule is CCC1CCCN1Cc1cc(C)c(CNC(C)C)o1. The van der Waals surface area contributed by atoms with Crippen LogP contribution in [0.4, 0.5) is 0 Å². The van der Waals surface area contributed by atoms with Gasteiger partial charge in [-0.05, 0) is 44.4 Å². The van der Waals surface area contributed by atoms with E-state index in [9.17, 15) is 0 Å². The van der Waals surface area contributed by atoms with E-state index in [1.54, 1.807) is 0 Å². The summed E-state index contributed by atoms with van der Waals surface area (Å²) in [5, 5.41) is 3.42. The van der Waals surface area contributed by atoms with Crippen LogP contribution in [0.3, 0.4) is 0 Å². The molecule has 0 bridgehead atoms. The Labute approximate surface area is 117 Å². The highest BCUT2D eigenvalue weighted by Gasteiger charge is 2.24. The Morgan fingerprint density at radius 1 is 1.47 bits per heavy atom. The van der Waals surface area contributed by atoms with Crippen molar-refractivity contribution in [3.8, 4) is 0 Å². The minimum atomic E-state index is 0.496. The Balaban J connectivity index is 1.95. The molecule has 2 rings (SSSR count). The van der Waals surface area contributed by atoms with Gasteiger partial charge in [0.1, 0.15) is 11.5 Å². The van der Waals surface area contributed by atoms with E-state index in [1.807, 2.05) is 0 Å². The van der Waals surface area contributed by atoms with E-state index in [0.717, 1.165) is 30.7 Å². The third-order valence-electron chi connectivity index (χ3n) is 4.07. The number of likely N-dealkylation sites (tertiary alicyclic amines) is 1. The van der Waals surface area contributed by atoms with Crippen molar-refractivity contribution in [2.75, 3.05) is 6.54 Å². The van der Waals surface area contributed by atoms with Crippen LogP contribution in [0, 0.1) is 6.92 Å². The molecule has 1 unspecified atom stereocenters. The topological polar surface area (TPSA) is 28.4 Å². The number of hydrogen-bond acceptors (Lipinski definition) is 3. The molecule has 3 heteroatoms. The van der Waals surface area contributed by atoms with Crippen LogP contribution >= 0.6 is 0 Å². The molecule has 2 heterocycles. The van der Waals surface area contributed by atoms with Gasteiger partial charge in [-0.15, -0.1) is 0 Å². The van der Waals surface area contributed by atoms with Crippen LogP contribution in [0.2, 0.25) is 0 Å². The van der Waals surface area contributed by atoms with Gasteiger partial charge in [0.15, 0.2) is 0 Å². The highest BCUT2D eigenvalue weighted by Crippen LogP contribution is 2.24. The maximum absolute atomic E-state index is 6.02. The molecule has 0 spiro atoms. The Morgan fingerprint density at radius 3 is 2.95 bits per heavy atom. The van der Waals surface area contributed by atoms with Gasteiger partial charge in [0.2, 0.25) is 0 Å². The molecular formula is C16H28N2O. The summed E-state index contributed by atoms with van der Waals surface area (Å²) in [4.78, 5) is 2.57. The van der Waals surface area contributed by atoms with E-state index in [-0.39, 0.29) is 0 Å². The van der Waals surface area contributed by atoms with Gasteiger partial charge in [-0.2, -0.15) is 0 Å². The molecule has 0 aromatic carbocycles. The van der Waals surface area contributed by atoms with E-state index >= 15 is 0 Å². The van der Waals surface area contributed by atoms with Gasteiger partial charge in [0, 0.05) is 12.1 Å². The number of furan rings is 1. The normalized spacial score (nSPS) is 20.6. The van der Waals surface area contributed by atoms with Crippen LogP contribution in [-0.4, -0.2) is 23.5 Å². The van der Waals surface area contributed by atoms with E-state index < -0.39 is 0 Å². The molecule has 108 valence electrons. The molecular weight excluding hydrogens is 236 g/mol. The van der Waals surface area contributed by atoms with Gasteiger partial charge in [-0.1, -0.05) is 20.8 Å². The van der Waals surface area contributed by atoms with Crippen molar-refractivity contribution < 1.29 is 4.42 Å². The van der Waals surface area contributed by atoms with Crippen molar-refractivity contribution in [2.45, 2.75) is 72.1 Å². The number of aryl methyl sites for hydroxylation is 1. The zero-order valence-electron chi connectivity index (χ0n) is 12.8. The maximum atomic E-state index is 6.02. The number of rotatable bonds is 6. The summed E-state index contributed by atoms with van der Waals surface area (Å²) in [7, 11) is 0. The monoisotopic (exact) mass is 264 g/mol. The molecule has 3 nitrogen and oxygen atoms in total. The van der Waals surface area contributed by atoms with Crippen LogP contribution in [-0.2, 0) is 13.1 Å². The van der Waals surface area contributed by atoms with Crippen LogP contribution < -0.4 is 5.32 Å². The smallest absolute Gasteiger partial charge is 0.120 e. The highest BCUT2D eigenvalue weighted by atomic mass is 16.3. The summed E-state index contributed by atoms with van der Waals surface area (Å²) in [5.74, 6) is 2.22. The molecule has 1 saturated heterocycles. The van der Waals surface area contributed by atoms with Crippen LogP contribution in [0.1, 0.15) is 57.1 Å². The number of hydrogen-bond donors (Lipinski definition) is 1. The molecule has 0 aliphatic carbocycles. The van der Waals surface area contributed by atoms with Crippen molar-refractivity contribution in [3.05, 3.63) is 23.2 Å². The molecule has 1 fully saturated rings. The molecule has 0 radical (unpaired) electrons. The van der Waals surface area contributed by atoms with Gasteiger partial charge in [-0.3, -0.25) is 4.90 Å². The Bertz CT molecular complexity index is 397. The molecule has 19 heavy (non-hydrogen) atoms. The summed E-state index contributed by atoms with van der Waals surface area (Å²) in [6.07, 6.45) is 3.93. The minimum Gasteiger partial charge on any atom is -0.463 e. The fraction of sp³-hybridized carbons (Fsp3) is 0.750. The van der Waals surface area contributed by atoms with Crippen molar-refractivity contribution in [1.29, 1.82) is 0 Å². The zero-order valence-corrected chi connectivity index (χ0v) is 12.8. The molecule has 1 N–H and O–H groups in total. The summed E-state index contributed by atoms with van der Waals surface area (Å²) in [6.45, 7) is 11.8. The second kappa shape index (κ2) is 6.58. The van der Waals surface area contributed by atoms with Gasteiger partial charge < -0.3 is 9.73 Å². The van der Waals surface area contributed by atoms with Crippen molar-refractivity contribution in [3.63, 3.8) is 0 Å². The van der Waals surface area contributed by atoms with Crippen molar-refractivity contribution in [2.24, 2.45) is 0 Å². The Hall–Kier alpha value is -0.800. The van der Waals surface area contributed by atoms with Gasteiger partial charge in [-0.25, -0.2) is 0 Å². The van der Waals surface area contributed by atoms with Crippen LogP contribution in [0.25, 0.3) is 0 Å². The fourth-order valence-electron chi connectivity index (χ4n) is 2.91. The summed E-state index contributed by atoms with van der Waals surface area (Å²) >= 11 is 0. The quantitative estimate of drug-likeness (QED) is 0.853. The van der Waals surface area contributed by atoms with E-state index in [2.05, 4.69) is 44.0 Å². The van der Waals surface area contributed by atoms with Gasteiger partial charge in [0.05, 0.1) is 13.1 Å². The first kappa shape index (κ1) is 14.6. The molecule has 1 aliphatic rings. The average Bonchev–Trinajstić information content (AvgIpc) is 2.94. The predicted molar refractivity (Wildman–Crippen MR) is 79.1 cm³/mol. The number of nitrogens with zero attached hydrogens (tertiary/aromatic N) is 1. The molecule has 0 amide bonds. The van der Waals surface area contributed by atoms with E-state index in [4.69, 9.17) is 4.42 Å². The Kier molecular flexibility index (Phi) is 5.06. The first-order valence-corrected chi connectivity index (χ1v) is 7.65. The minimum absolute atomic E-state index is 0.496. The molecule has 1 aromatic heterocycles. The van der Waals surface area contributed by atoms with E-state index in [1.165, 1.54) is 31.4 Å².